The summed E-state index contributed by atoms with van der Waals surface area (Å²) in [5, 5.41) is 7.29. The molecule has 0 fully saturated rings. The lowest BCUT2D eigenvalue weighted by atomic mass is 10.1. The zero-order valence-electron chi connectivity index (χ0n) is 11.9. The Labute approximate surface area is 118 Å². The van der Waals surface area contributed by atoms with Gasteiger partial charge in [0.05, 0.1) is 5.69 Å². The van der Waals surface area contributed by atoms with Crippen molar-refractivity contribution in [3.05, 3.63) is 47.3 Å². The van der Waals surface area contributed by atoms with Gasteiger partial charge in [-0.1, -0.05) is 25.1 Å². The van der Waals surface area contributed by atoms with Crippen LogP contribution in [0, 0.1) is 0 Å². The van der Waals surface area contributed by atoms with E-state index in [2.05, 4.69) is 10.4 Å². The number of rotatable bonds is 5. The summed E-state index contributed by atoms with van der Waals surface area (Å²) in [5.41, 5.74) is 8.85. The highest BCUT2D eigenvalue weighted by molar-refractivity contribution is 6.03. The highest BCUT2D eigenvalue weighted by Gasteiger charge is 2.15. The Hall–Kier alpha value is -2.14. The first-order valence-electron chi connectivity index (χ1n) is 6.85. The van der Waals surface area contributed by atoms with Crippen LogP contribution in [0.15, 0.2) is 30.3 Å². The SMILES string of the molecule is CCc1cc(C(=O)Nc2ccccc2CN)n(CC)n1. The number of hydrogen-bond donors (Lipinski definition) is 2. The number of nitrogens with two attached hydrogens (primary N) is 1. The lowest BCUT2D eigenvalue weighted by Gasteiger charge is -2.10. The number of aromatic nitrogens is 2. The Morgan fingerprint density at radius 1 is 1.35 bits per heavy atom. The van der Waals surface area contributed by atoms with E-state index in [1.165, 1.54) is 0 Å². The van der Waals surface area contributed by atoms with Crippen LogP contribution in [0.5, 0.6) is 0 Å². The van der Waals surface area contributed by atoms with Crippen LogP contribution in [-0.4, -0.2) is 15.7 Å². The van der Waals surface area contributed by atoms with Crippen LogP contribution in [0.3, 0.4) is 0 Å². The van der Waals surface area contributed by atoms with Gasteiger partial charge in [-0.15, -0.1) is 0 Å². The molecule has 2 aromatic rings. The molecule has 2 rings (SSSR count). The number of carbonyl (C=O) groups excluding carboxylic acids is 1. The van der Waals surface area contributed by atoms with Crippen molar-refractivity contribution in [1.82, 2.24) is 9.78 Å². The molecule has 1 aromatic carbocycles. The first-order valence-corrected chi connectivity index (χ1v) is 6.85. The number of carbonyl (C=O) groups is 1. The standard InChI is InChI=1S/C15H20N4O/c1-3-12-9-14(19(4-2)18-12)15(20)17-13-8-6-5-7-11(13)10-16/h5-9H,3-4,10,16H2,1-2H3,(H,17,20). The molecule has 0 aliphatic rings. The second-order valence-corrected chi connectivity index (χ2v) is 4.51. The van der Waals surface area contributed by atoms with E-state index in [-0.39, 0.29) is 5.91 Å². The molecular formula is C15H20N4O. The number of aryl methyl sites for hydroxylation is 2. The van der Waals surface area contributed by atoms with Gasteiger partial charge >= 0.3 is 0 Å². The molecule has 5 nitrogen and oxygen atoms in total. The summed E-state index contributed by atoms with van der Waals surface area (Å²) in [5.74, 6) is -0.153. The van der Waals surface area contributed by atoms with Gasteiger partial charge in [0.25, 0.3) is 5.91 Å². The maximum atomic E-state index is 12.4. The van der Waals surface area contributed by atoms with Crippen molar-refractivity contribution in [2.24, 2.45) is 5.73 Å². The molecule has 3 N–H and O–H groups in total. The zero-order valence-corrected chi connectivity index (χ0v) is 11.9. The minimum absolute atomic E-state index is 0.153. The van der Waals surface area contributed by atoms with E-state index in [9.17, 15) is 4.79 Å². The lowest BCUT2D eigenvalue weighted by molar-refractivity contribution is 0.101. The van der Waals surface area contributed by atoms with Gasteiger partial charge < -0.3 is 11.1 Å². The normalized spacial score (nSPS) is 10.6. The Morgan fingerprint density at radius 3 is 2.75 bits per heavy atom. The summed E-state index contributed by atoms with van der Waals surface area (Å²) < 4.78 is 1.72. The largest absolute Gasteiger partial charge is 0.326 e. The van der Waals surface area contributed by atoms with E-state index in [1.807, 2.05) is 44.2 Å². The molecule has 1 amide bonds. The average Bonchev–Trinajstić information content (AvgIpc) is 2.91. The molecule has 0 aliphatic heterocycles. The van der Waals surface area contributed by atoms with Gasteiger partial charge in [0.1, 0.15) is 5.69 Å². The van der Waals surface area contributed by atoms with Gasteiger partial charge in [-0.25, -0.2) is 0 Å². The number of amides is 1. The van der Waals surface area contributed by atoms with Crippen LogP contribution in [0.4, 0.5) is 5.69 Å². The van der Waals surface area contributed by atoms with Crippen LogP contribution in [0.25, 0.3) is 0 Å². The van der Waals surface area contributed by atoms with Gasteiger partial charge in [0.2, 0.25) is 0 Å². The van der Waals surface area contributed by atoms with Gasteiger partial charge in [-0.2, -0.15) is 5.10 Å². The molecular weight excluding hydrogens is 252 g/mol. The molecule has 1 heterocycles. The minimum Gasteiger partial charge on any atom is -0.326 e. The van der Waals surface area contributed by atoms with E-state index < -0.39 is 0 Å². The van der Waals surface area contributed by atoms with Crippen molar-refractivity contribution in [2.75, 3.05) is 5.32 Å². The average molecular weight is 272 g/mol. The molecule has 0 radical (unpaired) electrons. The van der Waals surface area contributed by atoms with Crippen LogP contribution < -0.4 is 11.1 Å². The molecule has 0 aliphatic carbocycles. The Morgan fingerprint density at radius 2 is 2.10 bits per heavy atom. The highest BCUT2D eigenvalue weighted by atomic mass is 16.2. The monoisotopic (exact) mass is 272 g/mol. The van der Waals surface area contributed by atoms with Crippen LogP contribution in [0.2, 0.25) is 0 Å². The number of benzene rings is 1. The van der Waals surface area contributed by atoms with E-state index in [0.717, 1.165) is 23.4 Å². The third-order valence-corrected chi connectivity index (χ3v) is 3.21. The fourth-order valence-electron chi connectivity index (χ4n) is 2.07. The fraction of sp³-hybridized carbons (Fsp3) is 0.333. The maximum Gasteiger partial charge on any atom is 0.273 e. The molecule has 0 spiro atoms. The first kappa shape index (κ1) is 14.3. The van der Waals surface area contributed by atoms with Crippen molar-refractivity contribution in [3.8, 4) is 0 Å². The van der Waals surface area contributed by atoms with Crippen molar-refractivity contribution in [2.45, 2.75) is 33.4 Å². The second kappa shape index (κ2) is 6.34. The molecule has 0 atom stereocenters. The number of anilines is 1. The summed E-state index contributed by atoms with van der Waals surface area (Å²) >= 11 is 0. The number of nitrogens with one attached hydrogen (secondary N) is 1. The highest BCUT2D eigenvalue weighted by Crippen LogP contribution is 2.16. The molecule has 1 aromatic heterocycles. The quantitative estimate of drug-likeness (QED) is 0.876. The topological polar surface area (TPSA) is 72.9 Å². The van der Waals surface area contributed by atoms with Crippen LogP contribution in [0.1, 0.15) is 35.6 Å². The number of hydrogen-bond acceptors (Lipinski definition) is 3. The predicted octanol–water partition coefficient (Wildman–Crippen LogP) is 2.18. The fourth-order valence-corrected chi connectivity index (χ4v) is 2.07. The van der Waals surface area contributed by atoms with E-state index >= 15 is 0 Å². The van der Waals surface area contributed by atoms with Gasteiger partial charge in [0.15, 0.2) is 0 Å². The Balaban J connectivity index is 2.26. The number of para-hydroxylation sites is 1. The Kier molecular flexibility index (Phi) is 4.53. The minimum atomic E-state index is -0.153. The second-order valence-electron chi connectivity index (χ2n) is 4.51. The number of nitrogens with zero attached hydrogens (tertiary/aromatic N) is 2. The van der Waals surface area contributed by atoms with Crippen molar-refractivity contribution < 1.29 is 4.79 Å². The summed E-state index contributed by atoms with van der Waals surface area (Å²) in [7, 11) is 0. The lowest BCUT2D eigenvalue weighted by Crippen LogP contribution is -2.18. The van der Waals surface area contributed by atoms with Crippen molar-refractivity contribution >= 4 is 11.6 Å². The molecule has 0 saturated carbocycles. The zero-order chi connectivity index (χ0) is 14.5. The molecule has 0 bridgehead atoms. The van der Waals surface area contributed by atoms with Crippen LogP contribution >= 0.6 is 0 Å². The van der Waals surface area contributed by atoms with E-state index in [0.29, 0.717) is 18.8 Å². The third kappa shape index (κ3) is 2.88. The van der Waals surface area contributed by atoms with Crippen LogP contribution in [-0.2, 0) is 19.5 Å². The van der Waals surface area contributed by atoms with Gasteiger partial charge in [-0.05, 0) is 31.0 Å². The van der Waals surface area contributed by atoms with E-state index in [4.69, 9.17) is 5.73 Å². The summed E-state index contributed by atoms with van der Waals surface area (Å²) in [6.07, 6.45) is 0.812. The van der Waals surface area contributed by atoms with Gasteiger partial charge in [0, 0.05) is 18.8 Å². The van der Waals surface area contributed by atoms with Gasteiger partial charge in [-0.3, -0.25) is 9.48 Å². The van der Waals surface area contributed by atoms with E-state index in [1.54, 1.807) is 4.68 Å². The van der Waals surface area contributed by atoms with Crippen molar-refractivity contribution in [1.29, 1.82) is 0 Å². The first-order chi connectivity index (χ1) is 9.69. The maximum absolute atomic E-state index is 12.4. The molecule has 0 unspecified atom stereocenters. The smallest absolute Gasteiger partial charge is 0.273 e. The Bertz CT molecular complexity index is 604. The van der Waals surface area contributed by atoms with Crippen molar-refractivity contribution in [3.63, 3.8) is 0 Å². The molecule has 0 saturated heterocycles. The third-order valence-electron chi connectivity index (χ3n) is 3.21. The molecule has 106 valence electrons. The molecule has 5 heteroatoms. The predicted molar refractivity (Wildman–Crippen MR) is 79.6 cm³/mol. The summed E-state index contributed by atoms with van der Waals surface area (Å²) in [6, 6.07) is 9.38. The summed E-state index contributed by atoms with van der Waals surface area (Å²) in [6.45, 7) is 5.05. The molecule has 20 heavy (non-hydrogen) atoms. The summed E-state index contributed by atoms with van der Waals surface area (Å²) in [4.78, 5) is 12.4.